The minimum atomic E-state index is -0.294. The molecule has 0 aliphatic carbocycles. The van der Waals surface area contributed by atoms with Crippen LogP contribution in [0.3, 0.4) is 0 Å². The SMILES string of the molecule is Cc1ccc(NC(=O)c2ccc(OC(C)C)nc2)cc1C(=O)N1CCOCC1. The quantitative estimate of drug-likeness (QED) is 0.859. The zero-order chi connectivity index (χ0) is 20.1. The van der Waals surface area contributed by atoms with Crippen LogP contribution < -0.4 is 10.1 Å². The van der Waals surface area contributed by atoms with Gasteiger partial charge in [-0.1, -0.05) is 6.07 Å². The summed E-state index contributed by atoms with van der Waals surface area (Å²) in [7, 11) is 0. The van der Waals surface area contributed by atoms with Crippen molar-refractivity contribution in [2.75, 3.05) is 31.6 Å². The molecule has 0 unspecified atom stereocenters. The number of ether oxygens (including phenoxy) is 2. The zero-order valence-corrected chi connectivity index (χ0v) is 16.4. The average Bonchev–Trinajstić information content (AvgIpc) is 2.69. The molecule has 7 nitrogen and oxygen atoms in total. The van der Waals surface area contributed by atoms with Crippen molar-refractivity contribution >= 4 is 17.5 Å². The number of aromatic nitrogens is 1. The molecular formula is C21H25N3O4. The van der Waals surface area contributed by atoms with Crippen LogP contribution in [0.2, 0.25) is 0 Å². The van der Waals surface area contributed by atoms with Crippen LogP contribution in [-0.4, -0.2) is 54.1 Å². The number of hydrogen-bond acceptors (Lipinski definition) is 5. The molecule has 3 rings (SSSR count). The van der Waals surface area contributed by atoms with Crippen molar-refractivity contribution in [3.63, 3.8) is 0 Å². The smallest absolute Gasteiger partial charge is 0.257 e. The van der Waals surface area contributed by atoms with Crippen LogP contribution in [0.25, 0.3) is 0 Å². The number of carbonyl (C=O) groups excluding carboxylic acids is 2. The molecule has 0 atom stereocenters. The molecule has 2 aromatic rings. The fourth-order valence-corrected chi connectivity index (χ4v) is 2.90. The van der Waals surface area contributed by atoms with Crippen LogP contribution in [0.1, 0.15) is 40.1 Å². The standard InChI is InChI=1S/C21H25N3O4/c1-14(2)28-19-7-5-16(13-22-19)20(25)23-17-6-4-15(3)18(12-17)21(26)24-8-10-27-11-9-24/h4-7,12-14H,8-11H2,1-3H3,(H,23,25). The van der Waals surface area contributed by atoms with Crippen LogP contribution in [0.4, 0.5) is 5.69 Å². The van der Waals surface area contributed by atoms with E-state index in [2.05, 4.69) is 10.3 Å². The third-order valence-electron chi connectivity index (χ3n) is 4.38. The molecule has 2 heterocycles. The molecule has 7 heteroatoms. The second-order valence-corrected chi connectivity index (χ2v) is 6.94. The Kier molecular flexibility index (Phi) is 6.26. The third kappa shape index (κ3) is 4.86. The molecule has 1 aliphatic heterocycles. The van der Waals surface area contributed by atoms with E-state index < -0.39 is 0 Å². The van der Waals surface area contributed by atoms with Gasteiger partial charge in [0.25, 0.3) is 11.8 Å². The molecule has 0 spiro atoms. The Balaban J connectivity index is 1.71. The maximum absolute atomic E-state index is 12.8. The summed E-state index contributed by atoms with van der Waals surface area (Å²) in [6.45, 7) is 7.95. The number of nitrogens with one attached hydrogen (secondary N) is 1. The molecule has 1 saturated heterocycles. The molecule has 1 fully saturated rings. The fourth-order valence-electron chi connectivity index (χ4n) is 2.90. The number of anilines is 1. The normalized spacial score (nSPS) is 14.1. The molecule has 0 bridgehead atoms. The molecule has 1 N–H and O–H groups in total. The Morgan fingerprint density at radius 2 is 1.93 bits per heavy atom. The van der Waals surface area contributed by atoms with E-state index in [-0.39, 0.29) is 17.9 Å². The lowest BCUT2D eigenvalue weighted by Gasteiger charge is -2.27. The van der Waals surface area contributed by atoms with Gasteiger partial charge in [0.1, 0.15) is 0 Å². The molecule has 148 valence electrons. The van der Waals surface area contributed by atoms with E-state index in [4.69, 9.17) is 9.47 Å². The summed E-state index contributed by atoms with van der Waals surface area (Å²) >= 11 is 0. The van der Waals surface area contributed by atoms with E-state index >= 15 is 0 Å². The number of hydrogen-bond donors (Lipinski definition) is 1. The summed E-state index contributed by atoms with van der Waals surface area (Å²) in [6, 6.07) is 8.66. The average molecular weight is 383 g/mol. The van der Waals surface area contributed by atoms with E-state index in [1.165, 1.54) is 6.20 Å². The van der Waals surface area contributed by atoms with E-state index in [9.17, 15) is 9.59 Å². The van der Waals surface area contributed by atoms with Gasteiger partial charge in [0, 0.05) is 36.6 Å². The number of benzene rings is 1. The maximum atomic E-state index is 12.8. The second-order valence-electron chi connectivity index (χ2n) is 6.94. The van der Waals surface area contributed by atoms with Crippen molar-refractivity contribution in [1.82, 2.24) is 9.88 Å². The number of nitrogens with zero attached hydrogens (tertiary/aromatic N) is 2. The van der Waals surface area contributed by atoms with Gasteiger partial charge in [-0.25, -0.2) is 4.98 Å². The van der Waals surface area contributed by atoms with Crippen molar-refractivity contribution in [3.05, 3.63) is 53.2 Å². The number of aryl methyl sites for hydroxylation is 1. The lowest BCUT2D eigenvalue weighted by atomic mass is 10.1. The first-order valence-corrected chi connectivity index (χ1v) is 9.36. The van der Waals surface area contributed by atoms with Gasteiger partial charge in [-0.15, -0.1) is 0 Å². The Bertz CT molecular complexity index is 843. The van der Waals surface area contributed by atoms with E-state index in [1.807, 2.05) is 26.8 Å². The predicted octanol–water partition coefficient (Wildman–Crippen LogP) is 2.90. The lowest BCUT2D eigenvalue weighted by Crippen LogP contribution is -2.41. The first-order valence-electron chi connectivity index (χ1n) is 9.36. The van der Waals surface area contributed by atoms with Gasteiger partial charge >= 0.3 is 0 Å². The zero-order valence-electron chi connectivity index (χ0n) is 16.4. The van der Waals surface area contributed by atoms with Crippen molar-refractivity contribution in [2.24, 2.45) is 0 Å². The highest BCUT2D eigenvalue weighted by Crippen LogP contribution is 2.19. The maximum Gasteiger partial charge on any atom is 0.257 e. The monoisotopic (exact) mass is 383 g/mol. The summed E-state index contributed by atoms with van der Waals surface area (Å²) in [5, 5.41) is 2.83. The van der Waals surface area contributed by atoms with Crippen molar-refractivity contribution in [1.29, 1.82) is 0 Å². The molecule has 1 aromatic carbocycles. The number of rotatable bonds is 5. The molecule has 2 amide bonds. The number of pyridine rings is 1. The van der Waals surface area contributed by atoms with E-state index in [0.29, 0.717) is 49.0 Å². The Hall–Kier alpha value is -2.93. The molecular weight excluding hydrogens is 358 g/mol. The highest BCUT2D eigenvalue weighted by molar-refractivity contribution is 6.05. The highest BCUT2D eigenvalue weighted by Gasteiger charge is 2.20. The van der Waals surface area contributed by atoms with Crippen LogP contribution in [-0.2, 0) is 4.74 Å². The number of morpholine rings is 1. The fraction of sp³-hybridized carbons (Fsp3) is 0.381. The van der Waals surface area contributed by atoms with E-state index in [1.54, 1.807) is 29.2 Å². The summed E-state index contributed by atoms with van der Waals surface area (Å²) in [5.41, 5.74) is 2.43. The van der Waals surface area contributed by atoms with Crippen molar-refractivity contribution in [2.45, 2.75) is 26.9 Å². The third-order valence-corrected chi connectivity index (χ3v) is 4.38. The van der Waals surface area contributed by atoms with E-state index in [0.717, 1.165) is 5.56 Å². The molecule has 1 aliphatic rings. The molecule has 1 aromatic heterocycles. The Labute approximate surface area is 164 Å². The summed E-state index contributed by atoms with van der Waals surface area (Å²) in [6.07, 6.45) is 1.49. The van der Waals surface area contributed by atoms with Gasteiger partial charge in [0.05, 0.1) is 24.9 Å². The largest absolute Gasteiger partial charge is 0.475 e. The Morgan fingerprint density at radius 3 is 2.57 bits per heavy atom. The van der Waals surface area contributed by atoms with Gasteiger partial charge in [-0.2, -0.15) is 0 Å². The second kappa shape index (κ2) is 8.84. The highest BCUT2D eigenvalue weighted by atomic mass is 16.5. The van der Waals surface area contributed by atoms with Crippen LogP contribution in [0.5, 0.6) is 5.88 Å². The first-order chi connectivity index (χ1) is 13.4. The Morgan fingerprint density at radius 1 is 1.18 bits per heavy atom. The topological polar surface area (TPSA) is 80.8 Å². The van der Waals surface area contributed by atoms with Gasteiger partial charge in [0.15, 0.2) is 0 Å². The number of amides is 2. The van der Waals surface area contributed by atoms with Crippen molar-refractivity contribution in [3.8, 4) is 5.88 Å². The van der Waals surface area contributed by atoms with Crippen LogP contribution >= 0.6 is 0 Å². The lowest BCUT2D eigenvalue weighted by molar-refractivity contribution is 0.0302. The molecule has 0 saturated carbocycles. The van der Waals surface area contributed by atoms with Crippen molar-refractivity contribution < 1.29 is 19.1 Å². The van der Waals surface area contributed by atoms with Gasteiger partial charge in [-0.05, 0) is 44.5 Å². The first kappa shape index (κ1) is 19.8. The van der Waals surface area contributed by atoms with Gasteiger partial charge in [-0.3, -0.25) is 9.59 Å². The molecule has 0 radical (unpaired) electrons. The minimum absolute atomic E-state index is 0.0159. The predicted molar refractivity (Wildman–Crippen MR) is 106 cm³/mol. The molecule has 28 heavy (non-hydrogen) atoms. The van der Waals surface area contributed by atoms with Crippen LogP contribution in [0, 0.1) is 6.92 Å². The van der Waals surface area contributed by atoms with Gasteiger partial charge in [0.2, 0.25) is 5.88 Å². The van der Waals surface area contributed by atoms with Crippen LogP contribution in [0.15, 0.2) is 36.5 Å². The summed E-state index contributed by atoms with van der Waals surface area (Å²) in [4.78, 5) is 31.2. The number of carbonyl (C=O) groups is 2. The summed E-state index contributed by atoms with van der Waals surface area (Å²) in [5.74, 6) is 0.131. The van der Waals surface area contributed by atoms with Gasteiger partial charge < -0.3 is 19.7 Å². The summed E-state index contributed by atoms with van der Waals surface area (Å²) < 4.78 is 10.8. The minimum Gasteiger partial charge on any atom is -0.475 e.